The van der Waals surface area contributed by atoms with E-state index in [0.717, 1.165) is 16.3 Å². The fourth-order valence-corrected chi connectivity index (χ4v) is 3.35. The smallest absolute Gasteiger partial charge is 0.475 e. The molecular weight excluding hydrogens is 491 g/mol. The van der Waals surface area contributed by atoms with Gasteiger partial charge in [0, 0.05) is 25.0 Å². The highest BCUT2D eigenvalue weighted by Crippen LogP contribution is 2.26. The molecule has 37 heavy (non-hydrogen) atoms. The van der Waals surface area contributed by atoms with E-state index in [2.05, 4.69) is 16.0 Å². The van der Waals surface area contributed by atoms with E-state index in [0.29, 0.717) is 16.9 Å². The van der Waals surface area contributed by atoms with Gasteiger partial charge in [-0.05, 0) is 41.5 Å². The molecule has 3 rings (SSSR count). The summed E-state index contributed by atoms with van der Waals surface area (Å²) < 4.78 is 31.7. The average Bonchev–Trinajstić information content (AvgIpc) is 2.87. The topological polar surface area (TPSA) is 160 Å². The number of fused-ring (bicyclic) bond motifs is 1. The van der Waals surface area contributed by atoms with Crippen molar-refractivity contribution < 1.29 is 32.7 Å². The van der Waals surface area contributed by atoms with Crippen molar-refractivity contribution in [2.45, 2.75) is 25.2 Å². The van der Waals surface area contributed by atoms with Crippen LogP contribution in [0.3, 0.4) is 0 Å². The molecule has 3 aromatic carbocycles. The van der Waals surface area contributed by atoms with Gasteiger partial charge in [-0.25, -0.2) is 4.79 Å². The largest absolute Gasteiger partial charge is 0.490 e. The zero-order chi connectivity index (χ0) is 27.8. The van der Waals surface area contributed by atoms with Crippen LogP contribution in [0.5, 0.6) is 0 Å². The highest BCUT2D eigenvalue weighted by atomic mass is 19.4. The maximum Gasteiger partial charge on any atom is 0.490 e. The highest BCUT2D eigenvalue weighted by Gasteiger charge is 2.38. The normalized spacial score (nSPS) is 12.5. The number of carboxylic acid groups (broad SMARTS) is 1. The number of carboxylic acids is 1. The molecule has 0 aliphatic rings. The van der Waals surface area contributed by atoms with Crippen molar-refractivity contribution in [3.05, 3.63) is 71.8 Å². The lowest BCUT2D eigenvalue weighted by Crippen LogP contribution is -2.41. The predicted octanol–water partition coefficient (Wildman–Crippen LogP) is 3.23. The summed E-state index contributed by atoms with van der Waals surface area (Å²) >= 11 is 0. The first kappa shape index (κ1) is 29.1. The summed E-state index contributed by atoms with van der Waals surface area (Å²) in [5, 5.41) is 18.1. The summed E-state index contributed by atoms with van der Waals surface area (Å²) in [6.07, 6.45) is -5.08. The van der Waals surface area contributed by atoms with Gasteiger partial charge in [-0.2, -0.15) is 13.2 Å². The monoisotopic (exact) mass is 519 g/mol. The van der Waals surface area contributed by atoms with Crippen LogP contribution in [0.4, 0.5) is 24.5 Å². The van der Waals surface area contributed by atoms with Crippen molar-refractivity contribution in [2.24, 2.45) is 11.5 Å². The number of hydrogen-bond acceptors (Lipinski definition) is 6. The lowest BCUT2D eigenvalue weighted by atomic mass is 9.99. The van der Waals surface area contributed by atoms with Gasteiger partial charge in [0.1, 0.15) is 0 Å². The summed E-state index contributed by atoms with van der Waals surface area (Å²) in [5.74, 6) is -3.41. The summed E-state index contributed by atoms with van der Waals surface area (Å²) in [4.78, 5) is 34.0. The summed E-state index contributed by atoms with van der Waals surface area (Å²) in [5.41, 5.74) is 13.7. The van der Waals surface area contributed by atoms with Gasteiger partial charge in [0.25, 0.3) is 5.91 Å². The molecule has 0 unspecified atom stereocenters. The third-order valence-corrected chi connectivity index (χ3v) is 5.27. The number of benzene rings is 3. The number of halogens is 3. The molecule has 0 aliphatic heterocycles. The number of aliphatic carboxylic acids is 1. The second-order valence-electron chi connectivity index (χ2n) is 7.91. The molecule has 0 aliphatic carbocycles. The fraction of sp³-hybridized carbons (Fsp3) is 0.240. The standard InChI is InChI=1S/C23H27N5O2.C2HF3O2/c1-14(17-9-5-7-15-6-3-4-8-18(15)17)27-22(29)19-12-16(10-11-21(19)26-2)28-23(30)20(25)13-24;3-2(4,5)1(6)7/h3-12,14,20,26H,13,24-25H2,1-2H3,(H,27,29)(H,28,30);(H,6,7)/t14-,20-;/m1./s1. The molecule has 0 saturated carbocycles. The van der Waals surface area contributed by atoms with Crippen LogP contribution < -0.4 is 27.4 Å². The molecule has 198 valence electrons. The first-order valence-electron chi connectivity index (χ1n) is 11.1. The predicted molar refractivity (Wildman–Crippen MR) is 135 cm³/mol. The van der Waals surface area contributed by atoms with E-state index in [4.69, 9.17) is 21.4 Å². The SMILES string of the molecule is CNc1ccc(NC(=O)[C@H](N)CN)cc1C(=O)N[C@H](C)c1cccc2ccccc12.O=C(O)C(F)(F)F. The van der Waals surface area contributed by atoms with Gasteiger partial charge in [-0.3, -0.25) is 9.59 Å². The molecule has 8 N–H and O–H groups in total. The van der Waals surface area contributed by atoms with Crippen LogP contribution in [0.2, 0.25) is 0 Å². The number of rotatable bonds is 7. The van der Waals surface area contributed by atoms with Crippen molar-refractivity contribution >= 4 is 39.9 Å². The molecule has 0 saturated heterocycles. The van der Waals surface area contributed by atoms with E-state index in [9.17, 15) is 22.8 Å². The summed E-state index contributed by atoms with van der Waals surface area (Å²) in [6, 6.07) is 18.2. The second-order valence-corrected chi connectivity index (χ2v) is 7.91. The van der Waals surface area contributed by atoms with Crippen LogP contribution in [0.1, 0.15) is 28.9 Å². The number of nitrogens with one attached hydrogen (secondary N) is 3. The summed E-state index contributed by atoms with van der Waals surface area (Å²) in [7, 11) is 1.74. The molecule has 3 aromatic rings. The third kappa shape index (κ3) is 7.92. The molecular formula is C25H28F3N5O4. The van der Waals surface area contributed by atoms with Gasteiger partial charge >= 0.3 is 12.1 Å². The zero-order valence-corrected chi connectivity index (χ0v) is 20.1. The Morgan fingerprint density at radius 1 is 1.03 bits per heavy atom. The average molecular weight is 520 g/mol. The maximum absolute atomic E-state index is 13.1. The Morgan fingerprint density at radius 2 is 1.65 bits per heavy atom. The minimum atomic E-state index is -5.08. The Morgan fingerprint density at radius 3 is 2.24 bits per heavy atom. The van der Waals surface area contributed by atoms with Gasteiger partial charge in [-0.1, -0.05) is 42.5 Å². The Labute approximate surface area is 211 Å². The Balaban J connectivity index is 0.000000604. The van der Waals surface area contributed by atoms with Crippen molar-refractivity contribution in [3.8, 4) is 0 Å². The van der Waals surface area contributed by atoms with E-state index < -0.39 is 24.1 Å². The number of nitrogens with two attached hydrogens (primary N) is 2. The summed E-state index contributed by atoms with van der Waals surface area (Å²) in [6.45, 7) is 1.99. The zero-order valence-electron chi connectivity index (χ0n) is 20.1. The number of alkyl halides is 3. The molecule has 0 aromatic heterocycles. The molecule has 0 bridgehead atoms. The number of carbonyl (C=O) groups is 3. The second kappa shape index (κ2) is 12.7. The van der Waals surface area contributed by atoms with Crippen molar-refractivity contribution in [1.82, 2.24) is 5.32 Å². The Kier molecular flexibility index (Phi) is 9.98. The third-order valence-electron chi connectivity index (χ3n) is 5.27. The Bertz CT molecular complexity index is 1260. The van der Waals surface area contributed by atoms with Crippen LogP contribution in [-0.4, -0.2) is 48.7 Å². The van der Waals surface area contributed by atoms with Crippen LogP contribution in [0.15, 0.2) is 60.7 Å². The molecule has 0 radical (unpaired) electrons. The molecule has 0 fully saturated rings. The quantitative estimate of drug-likeness (QED) is 0.279. The molecule has 12 heteroatoms. The number of amides is 2. The molecule has 2 atom stereocenters. The van der Waals surface area contributed by atoms with Gasteiger partial charge in [0.15, 0.2) is 0 Å². The van der Waals surface area contributed by atoms with Crippen LogP contribution in [0.25, 0.3) is 10.8 Å². The minimum Gasteiger partial charge on any atom is -0.475 e. The number of anilines is 2. The molecule has 0 heterocycles. The van der Waals surface area contributed by atoms with Gasteiger partial charge in [0.2, 0.25) is 5.91 Å². The Hall–Kier alpha value is -4.16. The van der Waals surface area contributed by atoms with Gasteiger partial charge < -0.3 is 32.5 Å². The fourth-order valence-electron chi connectivity index (χ4n) is 3.35. The first-order valence-corrected chi connectivity index (χ1v) is 11.1. The highest BCUT2D eigenvalue weighted by molar-refractivity contribution is 6.03. The van der Waals surface area contributed by atoms with Crippen molar-refractivity contribution in [1.29, 1.82) is 0 Å². The minimum absolute atomic E-state index is 0.0380. The van der Waals surface area contributed by atoms with Crippen molar-refractivity contribution in [2.75, 3.05) is 24.2 Å². The van der Waals surface area contributed by atoms with E-state index >= 15 is 0 Å². The van der Waals surface area contributed by atoms with Gasteiger partial charge in [0.05, 0.1) is 17.6 Å². The van der Waals surface area contributed by atoms with E-state index in [1.54, 1.807) is 25.2 Å². The maximum atomic E-state index is 13.1. The molecule has 0 spiro atoms. The van der Waals surface area contributed by atoms with Crippen LogP contribution in [-0.2, 0) is 9.59 Å². The lowest BCUT2D eigenvalue weighted by molar-refractivity contribution is -0.192. The number of carbonyl (C=O) groups excluding carboxylic acids is 2. The van der Waals surface area contributed by atoms with E-state index in [1.807, 2.05) is 49.4 Å². The van der Waals surface area contributed by atoms with E-state index in [1.165, 1.54) is 0 Å². The van der Waals surface area contributed by atoms with Crippen LogP contribution in [0, 0.1) is 0 Å². The van der Waals surface area contributed by atoms with E-state index in [-0.39, 0.29) is 18.5 Å². The number of hydrogen-bond donors (Lipinski definition) is 6. The first-order chi connectivity index (χ1) is 17.4. The van der Waals surface area contributed by atoms with Gasteiger partial charge in [-0.15, -0.1) is 0 Å². The molecule has 9 nitrogen and oxygen atoms in total. The molecule has 2 amide bonds. The van der Waals surface area contributed by atoms with Crippen LogP contribution >= 0.6 is 0 Å². The van der Waals surface area contributed by atoms with Crippen molar-refractivity contribution in [3.63, 3.8) is 0 Å². The lowest BCUT2D eigenvalue weighted by Gasteiger charge is -2.19.